The van der Waals surface area contributed by atoms with Gasteiger partial charge in [0.2, 0.25) is 0 Å². The molecule has 0 saturated heterocycles. The van der Waals surface area contributed by atoms with Crippen molar-refractivity contribution in [3.05, 3.63) is 30.3 Å². The minimum Gasteiger partial charge on any atom is -0.132 e. The van der Waals surface area contributed by atoms with Crippen molar-refractivity contribution in [2.24, 2.45) is 0 Å². The summed E-state index contributed by atoms with van der Waals surface area (Å²) >= 11 is 6.80. The van der Waals surface area contributed by atoms with Crippen LogP contribution in [0.1, 0.15) is 0 Å². The first-order valence-electron chi connectivity index (χ1n) is 2.64. The van der Waals surface area contributed by atoms with E-state index in [0.29, 0.717) is 0 Å². The number of hydrogen-bond donors (Lipinski definition) is 0. The Kier molecular flexibility index (Phi) is 2.80. The molecule has 0 aliphatic carbocycles. The number of rotatable bonds is 1. The molecule has 0 aliphatic rings. The van der Waals surface area contributed by atoms with Gasteiger partial charge in [0.1, 0.15) is 0 Å². The molecule has 1 aromatic rings. The van der Waals surface area contributed by atoms with E-state index in [9.17, 15) is 0 Å². The topological polar surface area (TPSA) is 0 Å². The van der Waals surface area contributed by atoms with Crippen LogP contribution in [0.2, 0.25) is 0 Å². The second-order valence-corrected chi connectivity index (χ2v) is 4.77. The van der Waals surface area contributed by atoms with Crippen molar-refractivity contribution in [1.82, 2.24) is 0 Å². The van der Waals surface area contributed by atoms with E-state index in [1.807, 2.05) is 18.2 Å². The maximum Gasteiger partial charge on any atom is 0.329 e. The molecule has 0 N–H and O–H groups in total. The fraction of sp³-hybridized carbons (Fsp3) is 0. The summed E-state index contributed by atoms with van der Waals surface area (Å²) in [6.07, 6.45) is 0. The van der Waals surface area contributed by atoms with Crippen LogP contribution in [0, 0.1) is 0 Å². The van der Waals surface area contributed by atoms with Crippen LogP contribution < -0.4 is 5.46 Å². The lowest BCUT2D eigenvalue weighted by Gasteiger charge is -1.94. The summed E-state index contributed by atoms with van der Waals surface area (Å²) in [4.78, 5) is 0. The van der Waals surface area contributed by atoms with E-state index < -0.39 is 0 Å². The van der Waals surface area contributed by atoms with Crippen LogP contribution in [-0.4, -0.2) is 4.36 Å². The minimum absolute atomic E-state index is 0.284. The SMILES string of the molecule is BrB(Br)c1ccccc1. The van der Waals surface area contributed by atoms with E-state index in [1.54, 1.807) is 0 Å². The van der Waals surface area contributed by atoms with Gasteiger partial charge in [-0.2, -0.15) is 0 Å². The summed E-state index contributed by atoms with van der Waals surface area (Å²) in [6.45, 7) is 0. The average Bonchev–Trinajstić information content (AvgIpc) is 1.90. The highest BCUT2D eigenvalue weighted by atomic mass is 79.9. The molecule has 0 radical (unpaired) electrons. The zero-order valence-electron chi connectivity index (χ0n) is 4.72. The maximum absolute atomic E-state index is 3.40. The minimum atomic E-state index is 0.284. The van der Waals surface area contributed by atoms with E-state index in [0.717, 1.165) is 0 Å². The molecule has 1 aromatic carbocycles. The molecule has 0 bridgehead atoms. The van der Waals surface area contributed by atoms with Gasteiger partial charge in [-0.25, -0.2) is 0 Å². The number of benzene rings is 1. The summed E-state index contributed by atoms with van der Waals surface area (Å²) in [6, 6.07) is 10.2. The first-order valence-corrected chi connectivity index (χ1v) is 4.47. The molecule has 0 saturated carbocycles. The van der Waals surface area contributed by atoms with Crippen molar-refractivity contribution in [1.29, 1.82) is 0 Å². The smallest absolute Gasteiger partial charge is 0.132 e. The first kappa shape index (κ1) is 7.35. The molecule has 1 rings (SSSR count). The Morgan fingerprint density at radius 1 is 1.00 bits per heavy atom. The van der Waals surface area contributed by atoms with Crippen molar-refractivity contribution in [3.8, 4) is 0 Å². The van der Waals surface area contributed by atoms with Crippen molar-refractivity contribution < 1.29 is 0 Å². The lowest BCUT2D eigenvalue weighted by Crippen LogP contribution is -2.15. The Morgan fingerprint density at radius 2 is 1.56 bits per heavy atom. The van der Waals surface area contributed by atoms with Crippen LogP contribution in [0.25, 0.3) is 0 Å². The molecule has 0 nitrogen and oxygen atoms in total. The molecule has 0 unspecified atom stereocenters. The maximum atomic E-state index is 3.40. The molecule has 0 atom stereocenters. The molecule has 9 heavy (non-hydrogen) atoms. The highest BCUT2D eigenvalue weighted by Crippen LogP contribution is 2.01. The van der Waals surface area contributed by atoms with Gasteiger partial charge < -0.3 is 0 Å². The van der Waals surface area contributed by atoms with Crippen LogP contribution in [0.5, 0.6) is 0 Å². The van der Waals surface area contributed by atoms with Gasteiger partial charge in [-0.3, -0.25) is 0 Å². The second kappa shape index (κ2) is 3.42. The molecular formula is C6H5BBr2. The zero-order valence-corrected chi connectivity index (χ0v) is 7.89. The summed E-state index contributed by atoms with van der Waals surface area (Å²) in [5, 5.41) is 0. The van der Waals surface area contributed by atoms with E-state index >= 15 is 0 Å². The molecule has 0 spiro atoms. The van der Waals surface area contributed by atoms with Gasteiger partial charge in [0.25, 0.3) is 0 Å². The normalized spacial score (nSPS) is 9.11. The third kappa shape index (κ3) is 2.14. The average molecular weight is 248 g/mol. The van der Waals surface area contributed by atoms with E-state index in [4.69, 9.17) is 0 Å². The summed E-state index contributed by atoms with van der Waals surface area (Å²) < 4.78 is 0.284. The highest BCUT2D eigenvalue weighted by molar-refractivity contribution is 9.49. The largest absolute Gasteiger partial charge is 0.329 e. The summed E-state index contributed by atoms with van der Waals surface area (Å²) in [5.74, 6) is 0. The van der Waals surface area contributed by atoms with Crippen LogP contribution in [-0.2, 0) is 0 Å². The van der Waals surface area contributed by atoms with Gasteiger partial charge in [-0.15, -0.1) is 31.5 Å². The van der Waals surface area contributed by atoms with Crippen LogP contribution in [0.15, 0.2) is 30.3 Å². The van der Waals surface area contributed by atoms with Crippen molar-refractivity contribution in [2.45, 2.75) is 0 Å². The molecule has 0 aromatic heterocycles. The zero-order chi connectivity index (χ0) is 6.69. The van der Waals surface area contributed by atoms with Crippen LogP contribution in [0.4, 0.5) is 0 Å². The Balaban J connectivity index is 2.85. The highest BCUT2D eigenvalue weighted by Gasteiger charge is 2.04. The fourth-order valence-corrected chi connectivity index (χ4v) is 1.21. The molecule has 0 amide bonds. The molecule has 0 fully saturated rings. The monoisotopic (exact) mass is 246 g/mol. The Morgan fingerprint density at radius 3 is 1.89 bits per heavy atom. The van der Waals surface area contributed by atoms with Crippen molar-refractivity contribution in [2.75, 3.05) is 0 Å². The molecular weight excluding hydrogens is 243 g/mol. The second-order valence-electron chi connectivity index (χ2n) is 1.71. The van der Waals surface area contributed by atoms with Crippen LogP contribution in [0.3, 0.4) is 0 Å². The molecule has 3 heteroatoms. The predicted octanol–water partition coefficient (Wildman–Crippen LogP) is 2.17. The van der Waals surface area contributed by atoms with Gasteiger partial charge in [-0.1, -0.05) is 35.8 Å². The summed E-state index contributed by atoms with van der Waals surface area (Å²) in [7, 11) is 0. The van der Waals surface area contributed by atoms with Gasteiger partial charge in [0.05, 0.1) is 0 Å². The quantitative estimate of drug-likeness (QED) is 0.668. The first-order chi connectivity index (χ1) is 4.30. The van der Waals surface area contributed by atoms with Crippen molar-refractivity contribution in [3.63, 3.8) is 0 Å². The third-order valence-electron chi connectivity index (χ3n) is 1.05. The lowest BCUT2D eigenvalue weighted by molar-refractivity contribution is 1.77. The number of hydrogen-bond acceptors (Lipinski definition) is 0. The van der Waals surface area contributed by atoms with Gasteiger partial charge in [0.15, 0.2) is 0 Å². The summed E-state index contributed by atoms with van der Waals surface area (Å²) in [5.41, 5.74) is 1.25. The van der Waals surface area contributed by atoms with Crippen molar-refractivity contribution >= 4 is 41.3 Å². The van der Waals surface area contributed by atoms with Gasteiger partial charge in [0, 0.05) is 0 Å². The van der Waals surface area contributed by atoms with E-state index in [-0.39, 0.29) is 4.36 Å². The van der Waals surface area contributed by atoms with Gasteiger partial charge in [-0.05, 0) is 0 Å². The fourth-order valence-electron chi connectivity index (χ4n) is 0.599. The Hall–Kier alpha value is 0.245. The third-order valence-corrected chi connectivity index (χ3v) is 2.11. The standard InChI is InChI=1S/C6H5BBr2/c8-7(9)6-4-2-1-3-5-6/h1-5H. The Labute approximate surface area is 71.7 Å². The number of halogens is 2. The van der Waals surface area contributed by atoms with E-state index in [1.165, 1.54) is 5.46 Å². The molecule has 0 heterocycles. The Bertz CT molecular complexity index is 174. The molecule has 0 aliphatic heterocycles. The predicted molar refractivity (Wildman–Crippen MR) is 49.7 cm³/mol. The van der Waals surface area contributed by atoms with Crippen LogP contribution >= 0.6 is 31.5 Å². The van der Waals surface area contributed by atoms with Gasteiger partial charge >= 0.3 is 4.36 Å². The lowest BCUT2D eigenvalue weighted by atomic mass is 9.96. The van der Waals surface area contributed by atoms with E-state index in [2.05, 4.69) is 43.6 Å². The molecule has 46 valence electrons.